The number of hydrogen-bond donors (Lipinski definition) is 1. The van der Waals surface area contributed by atoms with Gasteiger partial charge >= 0.3 is 11.9 Å². The number of rotatable bonds is 9. The van der Waals surface area contributed by atoms with Gasteiger partial charge in [-0.05, 0) is 18.3 Å². The molecule has 0 aliphatic heterocycles. The van der Waals surface area contributed by atoms with Crippen LogP contribution in [0.15, 0.2) is 12.2 Å². The number of carbonyl (C=O) groups is 2. The van der Waals surface area contributed by atoms with Crippen molar-refractivity contribution in [2.45, 2.75) is 52.9 Å². The number of aliphatic carboxylic acids is 1. The summed E-state index contributed by atoms with van der Waals surface area (Å²) in [6.45, 7) is 10.1. The van der Waals surface area contributed by atoms with Crippen molar-refractivity contribution in [2.75, 3.05) is 6.61 Å². The zero-order valence-electron chi connectivity index (χ0n) is 11.6. The van der Waals surface area contributed by atoms with Gasteiger partial charge in [0.2, 0.25) is 0 Å². The second-order valence-corrected chi connectivity index (χ2v) is 5.41. The zero-order valence-corrected chi connectivity index (χ0v) is 11.6. The quantitative estimate of drug-likeness (QED) is 0.391. The molecule has 0 aromatic rings. The molecule has 0 heterocycles. The fraction of sp³-hybridized carbons (Fsp3) is 0.714. The van der Waals surface area contributed by atoms with E-state index in [-0.39, 0.29) is 24.2 Å². The van der Waals surface area contributed by atoms with Crippen molar-refractivity contribution >= 4 is 11.9 Å². The average Bonchev–Trinajstić information content (AvgIpc) is 2.13. The highest BCUT2D eigenvalue weighted by Crippen LogP contribution is 2.30. The zero-order chi connectivity index (χ0) is 14.2. The minimum atomic E-state index is -0.888. The number of hydrogen-bond acceptors (Lipinski definition) is 3. The Balaban J connectivity index is 4.09. The minimum absolute atomic E-state index is 0.0473. The van der Waals surface area contributed by atoms with E-state index in [4.69, 9.17) is 9.84 Å². The first-order chi connectivity index (χ1) is 8.26. The van der Waals surface area contributed by atoms with E-state index in [1.165, 1.54) is 0 Å². The predicted octanol–water partition coefficient (Wildman–Crippen LogP) is 3.17. The molecule has 4 nitrogen and oxygen atoms in total. The molecule has 0 saturated carbocycles. The third-order valence-electron chi connectivity index (χ3n) is 2.51. The molecule has 1 N–H and O–H groups in total. The van der Waals surface area contributed by atoms with Crippen molar-refractivity contribution in [3.05, 3.63) is 12.2 Å². The molecule has 0 amide bonds. The van der Waals surface area contributed by atoms with Crippen LogP contribution in [-0.2, 0) is 14.3 Å². The lowest BCUT2D eigenvalue weighted by molar-refractivity contribution is -0.146. The molecule has 4 heteroatoms. The molecule has 0 bridgehead atoms. The maximum absolute atomic E-state index is 11.6. The van der Waals surface area contributed by atoms with Crippen molar-refractivity contribution in [1.29, 1.82) is 0 Å². The van der Waals surface area contributed by atoms with Gasteiger partial charge in [-0.2, -0.15) is 0 Å². The maximum Gasteiger partial charge on any atom is 0.307 e. The van der Waals surface area contributed by atoms with E-state index in [1.807, 2.05) is 20.8 Å². The van der Waals surface area contributed by atoms with E-state index < -0.39 is 5.97 Å². The molecule has 0 rings (SSSR count). The smallest absolute Gasteiger partial charge is 0.307 e. The Bertz CT molecular complexity index is 305. The van der Waals surface area contributed by atoms with Crippen LogP contribution in [0.5, 0.6) is 0 Å². The standard InChI is InChI=1S/C14H24O4/c1-5-6-7-18-13(17)10-14(3,4)9-11(2)8-12(15)16/h2,5-10H2,1,3-4H3,(H,15,16). The number of carboxylic acid groups (broad SMARTS) is 1. The van der Waals surface area contributed by atoms with Crippen LogP contribution in [0.1, 0.15) is 52.9 Å². The molecule has 18 heavy (non-hydrogen) atoms. The fourth-order valence-electron chi connectivity index (χ4n) is 1.79. The molecule has 0 radical (unpaired) electrons. The summed E-state index contributed by atoms with van der Waals surface area (Å²) >= 11 is 0. The van der Waals surface area contributed by atoms with Gasteiger partial charge < -0.3 is 9.84 Å². The van der Waals surface area contributed by atoms with Crippen LogP contribution in [-0.4, -0.2) is 23.7 Å². The van der Waals surface area contributed by atoms with Gasteiger partial charge in [0, 0.05) is 0 Å². The Hall–Kier alpha value is -1.32. The Morgan fingerprint density at radius 1 is 1.28 bits per heavy atom. The van der Waals surface area contributed by atoms with Crippen molar-refractivity contribution in [2.24, 2.45) is 5.41 Å². The highest BCUT2D eigenvalue weighted by atomic mass is 16.5. The lowest BCUT2D eigenvalue weighted by Gasteiger charge is -2.24. The summed E-state index contributed by atoms with van der Waals surface area (Å²) < 4.78 is 5.10. The number of carbonyl (C=O) groups excluding carboxylic acids is 1. The third kappa shape index (κ3) is 8.79. The second-order valence-electron chi connectivity index (χ2n) is 5.41. The van der Waals surface area contributed by atoms with Gasteiger partial charge in [0.05, 0.1) is 19.4 Å². The van der Waals surface area contributed by atoms with Crippen LogP contribution in [0.25, 0.3) is 0 Å². The van der Waals surface area contributed by atoms with Gasteiger partial charge in [0.25, 0.3) is 0 Å². The monoisotopic (exact) mass is 256 g/mol. The van der Waals surface area contributed by atoms with E-state index in [9.17, 15) is 9.59 Å². The first-order valence-corrected chi connectivity index (χ1v) is 6.31. The summed E-state index contributed by atoms with van der Waals surface area (Å²) in [4.78, 5) is 22.1. The Morgan fingerprint density at radius 2 is 1.89 bits per heavy atom. The largest absolute Gasteiger partial charge is 0.481 e. The van der Waals surface area contributed by atoms with Gasteiger partial charge in [-0.25, -0.2) is 0 Å². The molecule has 0 aliphatic rings. The molecule has 0 aliphatic carbocycles. The molecule has 0 spiro atoms. The van der Waals surface area contributed by atoms with Crippen LogP contribution < -0.4 is 0 Å². The Kier molecular flexibility index (Phi) is 7.32. The van der Waals surface area contributed by atoms with Crippen LogP contribution in [0.4, 0.5) is 0 Å². The average molecular weight is 256 g/mol. The molecule has 0 atom stereocenters. The van der Waals surface area contributed by atoms with E-state index in [1.54, 1.807) is 0 Å². The number of ether oxygens (including phenoxy) is 1. The van der Waals surface area contributed by atoms with E-state index >= 15 is 0 Å². The van der Waals surface area contributed by atoms with Gasteiger partial charge in [0.15, 0.2) is 0 Å². The van der Waals surface area contributed by atoms with Crippen molar-refractivity contribution in [3.8, 4) is 0 Å². The molecule has 104 valence electrons. The number of esters is 1. The molecular formula is C14H24O4. The molecular weight excluding hydrogens is 232 g/mol. The summed E-state index contributed by atoms with van der Waals surface area (Å²) in [5.74, 6) is -1.11. The lowest BCUT2D eigenvalue weighted by Crippen LogP contribution is -2.20. The summed E-state index contributed by atoms with van der Waals surface area (Å²) in [5.41, 5.74) is 0.324. The predicted molar refractivity (Wildman–Crippen MR) is 70.3 cm³/mol. The Morgan fingerprint density at radius 3 is 2.39 bits per heavy atom. The molecule has 0 aromatic heterocycles. The maximum atomic E-state index is 11.6. The second kappa shape index (κ2) is 7.90. The SMILES string of the molecule is C=C(CC(=O)O)CC(C)(C)CC(=O)OCCCC. The van der Waals surface area contributed by atoms with E-state index in [0.717, 1.165) is 12.8 Å². The number of unbranched alkanes of at least 4 members (excludes halogenated alkanes) is 1. The first-order valence-electron chi connectivity index (χ1n) is 6.31. The summed E-state index contributed by atoms with van der Waals surface area (Å²) in [6, 6.07) is 0. The van der Waals surface area contributed by atoms with Crippen molar-refractivity contribution in [3.63, 3.8) is 0 Å². The van der Waals surface area contributed by atoms with Crippen LogP contribution >= 0.6 is 0 Å². The highest BCUT2D eigenvalue weighted by Gasteiger charge is 2.24. The van der Waals surface area contributed by atoms with Gasteiger partial charge in [-0.1, -0.05) is 39.3 Å². The molecule has 0 aromatic carbocycles. The van der Waals surface area contributed by atoms with Crippen molar-refractivity contribution in [1.82, 2.24) is 0 Å². The summed E-state index contributed by atoms with van der Waals surface area (Å²) in [5, 5.41) is 8.65. The van der Waals surface area contributed by atoms with Crippen LogP contribution in [0, 0.1) is 5.41 Å². The molecule has 0 fully saturated rings. The van der Waals surface area contributed by atoms with Gasteiger partial charge in [-0.3, -0.25) is 9.59 Å². The highest BCUT2D eigenvalue weighted by molar-refractivity contribution is 5.71. The lowest BCUT2D eigenvalue weighted by atomic mass is 9.82. The van der Waals surface area contributed by atoms with Gasteiger partial charge in [-0.15, -0.1) is 0 Å². The van der Waals surface area contributed by atoms with Crippen LogP contribution in [0.3, 0.4) is 0 Å². The summed E-state index contributed by atoms with van der Waals surface area (Å²) in [7, 11) is 0. The number of carboxylic acids is 1. The topological polar surface area (TPSA) is 63.6 Å². The van der Waals surface area contributed by atoms with E-state index in [2.05, 4.69) is 6.58 Å². The Labute approximate surface area is 109 Å². The van der Waals surface area contributed by atoms with Crippen molar-refractivity contribution < 1.29 is 19.4 Å². The first kappa shape index (κ1) is 16.7. The third-order valence-corrected chi connectivity index (χ3v) is 2.51. The normalized spacial score (nSPS) is 11.1. The molecule has 0 saturated heterocycles. The van der Waals surface area contributed by atoms with E-state index in [0.29, 0.717) is 18.6 Å². The minimum Gasteiger partial charge on any atom is -0.481 e. The van der Waals surface area contributed by atoms with Gasteiger partial charge in [0.1, 0.15) is 0 Å². The molecule has 0 unspecified atom stereocenters. The van der Waals surface area contributed by atoms with Crippen LogP contribution in [0.2, 0.25) is 0 Å². The fourth-order valence-corrected chi connectivity index (χ4v) is 1.79. The summed E-state index contributed by atoms with van der Waals surface area (Å²) in [6.07, 6.45) is 2.62.